The van der Waals surface area contributed by atoms with Crippen molar-refractivity contribution < 1.29 is 28.5 Å². The molecule has 0 saturated heterocycles. The van der Waals surface area contributed by atoms with Gasteiger partial charge in [-0.1, -0.05) is 30.3 Å². The maximum atomic E-state index is 3.70. The van der Waals surface area contributed by atoms with E-state index in [4.69, 9.17) is 0 Å². The highest BCUT2D eigenvalue weighted by atomic mass is 127. The van der Waals surface area contributed by atoms with Crippen molar-refractivity contribution in [2.75, 3.05) is 5.32 Å². The predicted molar refractivity (Wildman–Crippen MR) is 114 cm³/mol. The Bertz CT molecular complexity index is 1330. The first-order chi connectivity index (χ1) is 13.1. The normalized spacial score (nSPS) is 11.1. The van der Waals surface area contributed by atoms with Crippen LogP contribution in [0.15, 0.2) is 66.7 Å². The Morgan fingerprint density at radius 1 is 0.821 bits per heavy atom. The topological polar surface area (TPSA) is 31.7 Å². The van der Waals surface area contributed by atoms with Crippen molar-refractivity contribution in [3.05, 3.63) is 77.9 Å². The lowest BCUT2D eigenvalue weighted by atomic mass is 10.1. The summed E-state index contributed by atoms with van der Waals surface area (Å²) in [6.45, 7) is 4.30. The lowest BCUT2D eigenvalue weighted by Gasteiger charge is -2.12. The van der Waals surface area contributed by atoms with Crippen LogP contribution in [0, 0.1) is 13.8 Å². The molecule has 0 aliphatic rings. The highest BCUT2D eigenvalue weighted by molar-refractivity contribution is 6.13. The summed E-state index contributed by atoms with van der Waals surface area (Å²) in [6.07, 6.45) is 0. The van der Waals surface area contributed by atoms with Crippen molar-refractivity contribution in [1.29, 1.82) is 0 Å². The number of hydrogen-bond acceptors (Lipinski definition) is 1. The van der Waals surface area contributed by atoms with E-state index in [1.54, 1.807) is 0 Å². The Labute approximate surface area is 181 Å². The number of nitrogens with one attached hydrogen (secondary N) is 2. The molecule has 3 nitrogen and oxygen atoms in total. The van der Waals surface area contributed by atoms with Gasteiger partial charge in [-0.25, -0.2) is 0 Å². The highest BCUT2D eigenvalue weighted by Gasteiger charge is 2.22. The van der Waals surface area contributed by atoms with Gasteiger partial charge in [0, 0.05) is 11.8 Å². The largest absolute Gasteiger partial charge is 1.00 e. The van der Waals surface area contributed by atoms with Crippen molar-refractivity contribution in [1.82, 2.24) is 4.98 Å². The molecule has 0 aliphatic carbocycles. The van der Waals surface area contributed by atoms with Crippen LogP contribution in [-0.4, -0.2) is 4.98 Å². The molecule has 0 bridgehead atoms. The first-order valence-electron chi connectivity index (χ1n) is 9.29. The Morgan fingerprint density at radius 3 is 2.32 bits per heavy atom. The van der Waals surface area contributed by atoms with Gasteiger partial charge in [0.1, 0.15) is 12.6 Å². The van der Waals surface area contributed by atoms with Gasteiger partial charge in [-0.2, -0.15) is 4.57 Å². The molecule has 3 aromatic carbocycles. The molecule has 0 atom stereocenters. The van der Waals surface area contributed by atoms with Gasteiger partial charge in [-0.05, 0) is 55.3 Å². The molecule has 140 valence electrons. The second kappa shape index (κ2) is 7.09. The third-order valence-electron chi connectivity index (χ3n) is 5.58. The van der Waals surface area contributed by atoms with E-state index in [9.17, 15) is 0 Å². The van der Waals surface area contributed by atoms with Crippen molar-refractivity contribution in [2.24, 2.45) is 7.05 Å². The molecule has 2 N–H and O–H groups in total. The summed E-state index contributed by atoms with van der Waals surface area (Å²) in [5.74, 6) is 0. The van der Waals surface area contributed by atoms with Crippen LogP contribution in [0.25, 0.3) is 32.8 Å². The Kier molecular flexibility index (Phi) is 4.75. The van der Waals surface area contributed by atoms with Gasteiger partial charge >= 0.3 is 0 Å². The van der Waals surface area contributed by atoms with Gasteiger partial charge in [0.2, 0.25) is 11.0 Å². The van der Waals surface area contributed by atoms with Crippen molar-refractivity contribution >= 4 is 44.2 Å². The predicted octanol–water partition coefficient (Wildman–Crippen LogP) is 2.66. The molecule has 28 heavy (non-hydrogen) atoms. The number of hydrogen-bond donors (Lipinski definition) is 2. The summed E-state index contributed by atoms with van der Waals surface area (Å²) in [6, 6.07) is 23.6. The smallest absolute Gasteiger partial charge is 0.240 e. The quantitative estimate of drug-likeness (QED) is 0.296. The monoisotopic (exact) mass is 479 g/mol. The summed E-state index contributed by atoms with van der Waals surface area (Å²) in [4.78, 5) is 3.64. The molecule has 2 heterocycles. The molecule has 0 saturated carbocycles. The van der Waals surface area contributed by atoms with Crippen molar-refractivity contribution in [3.63, 3.8) is 0 Å². The van der Waals surface area contributed by atoms with Crippen LogP contribution in [-0.2, 0) is 7.05 Å². The van der Waals surface area contributed by atoms with E-state index < -0.39 is 0 Å². The summed E-state index contributed by atoms with van der Waals surface area (Å²) >= 11 is 0. The summed E-state index contributed by atoms with van der Waals surface area (Å²) in [7, 11) is 2.14. The molecule has 0 fully saturated rings. The Morgan fingerprint density at radius 2 is 1.54 bits per heavy atom. The summed E-state index contributed by atoms with van der Waals surface area (Å²) in [5, 5.41) is 6.15. The van der Waals surface area contributed by atoms with Crippen molar-refractivity contribution in [2.45, 2.75) is 13.8 Å². The highest BCUT2D eigenvalue weighted by Crippen LogP contribution is 2.35. The number of aryl methyl sites for hydroxylation is 3. The van der Waals surface area contributed by atoms with Crippen LogP contribution in [0.4, 0.5) is 11.4 Å². The zero-order chi connectivity index (χ0) is 18.5. The second-order valence-corrected chi connectivity index (χ2v) is 7.27. The van der Waals surface area contributed by atoms with Crippen molar-refractivity contribution in [3.8, 4) is 0 Å². The van der Waals surface area contributed by atoms with E-state index in [-0.39, 0.29) is 24.0 Å². The zero-order valence-corrected chi connectivity index (χ0v) is 18.3. The molecule has 0 unspecified atom stereocenters. The van der Waals surface area contributed by atoms with Crippen LogP contribution in [0.5, 0.6) is 0 Å². The molecule has 5 rings (SSSR count). The summed E-state index contributed by atoms with van der Waals surface area (Å²) < 4.78 is 2.29. The molecule has 5 aromatic rings. The second-order valence-electron chi connectivity index (χ2n) is 7.27. The van der Waals surface area contributed by atoms with E-state index >= 15 is 0 Å². The van der Waals surface area contributed by atoms with Crippen LogP contribution in [0.3, 0.4) is 0 Å². The minimum Gasteiger partial charge on any atom is -1.00 e. The van der Waals surface area contributed by atoms with Crippen LogP contribution < -0.4 is 33.9 Å². The van der Waals surface area contributed by atoms with Gasteiger partial charge < -0.3 is 34.3 Å². The molecule has 0 spiro atoms. The van der Waals surface area contributed by atoms with Crippen LogP contribution in [0.2, 0.25) is 0 Å². The van der Waals surface area contributed by atoms with Gasteiger partial charge in [-0.15, -0.1) is 0 Å². The average molecular weight is 479 g/mol. The van der Waals surface area contributed by atoms with E-state index in [1.807, 2.05) is 0 Å². The number of fused-ring (bicyclic) bond motifs is 4. The first kappa shape index (κ1) is 18.7. The molecule has 0 amide bonds. The number of rotatable bonds is 2. The minimum absolute atomic E-state index is 0. The van der Waals surface area contributed by atoms with E-state index in [0.29, 0.717) is 0 Å². The molecular formula is C24H22IN3. The zero-order valence-electron chi connectivity index (χ0n) is 16.2. The Balaban J connectivity index is 0.00000192. The Hall–Kier alpha value is -2.60. The van der Waals surface area contributed by atoms with Gasteiger partial charge in [0.25, 0.3) is 0 Å². The molecule has 0 radical (unpaired) electrons. The number of aromatic nitrogens is 2. The van der Waals surface area contributed by atoms with Gasteiger partial charge in [0.15, 0.2) is 0 Å². The number of para-hydroxylation sites is 2. The first-order valence-corrected chi connectivity index (χ1v) is 9.29. The SMILES string of the molecule is Cc1ccc(Nc2c3ccccc3[n+](C)c3c2[nH]c2ccccc23)cc1C.[I-]. The standard InChI is InChI=1S/C24H21N3.HI/c1-15-12-13-17(14-16(15)2)25-22-19-9-5-7-11-21(19)27(3)24-18-8-4-6-10-20(18)26-23(22)24;/h4-14H,1-3H3,(H,25,26);1H. The van der Waals surface area contributed by atoms with Crippen LogP contribution >= 0.6 is 0 Å². The minimum atomic E-state index is 0. The third kappa shape index (κ3) is 2.83. The van der Waals surface area contributed by atoms with Gasteiger partial charge in [0.05, 0.1) is 22.0 Å². The molecular weight excluding hydrogens is 457 g/mol. The lowest BCUT2D eigenvalue weighted by molar-refractivity contribution is -0.616. The fourth-order valence-corrected chi connectivity index (χ4v) is 3.98. The number of pyridine rings is 1. The maximum absolute atomic E-state index is 3.70. The fourth-order valence-electron chi connectivity index (χ4n) is 3.98. The number of aromatic amines is 1. The average Bonchev–Trinajstić information content (AvgIpc) is 3.07. The number of benzene rings is 3. The number of nitrogens with zero attached hydrogens (tertiary/aromatic N) is 1. The molecule has 2 aromatic heterocycles. The van der Waals surface area contributed by atoms with Gasteiger partial charge in [-0.3, -0.25) is 0 Å². The fraction of sp³-hybridized carbons (Fsp3) is 0.125. The van der Waals surface area contributed by atoms with E-state index in [1.165, 1.54) is 32.9 Å². The molecule has 4 heteroatoms. The third-order valence-corrected chi connectivity index (χ3v) is 5.58. The molecule has 0 aliphatic heterocycles. The van der Waals surface area contributed by atoms with E-state index in [2.05, 4.69) is 102 Å². The number of halogens is 1. The van der Waals surface area contributed by atoms with E-state index in [0.717, 1.165) is 22.4 Å². The maximum Gasteiger partial charge on any atom is 0.240 e. The van der Waals surface area contributed by atoms with Crippen LogP contribution in [0.1, 0.15) is 11.1 Å². The lowest BCUT2D eigenvalue weighted by Crippen LogP contribution is -3.00. The summed E-state index contributed by atoms with van der Waals surface area (Å²) in [5.41, 5.74) is 9.54. The number of anilines is 2. The number of H-pyrrole nitrogens is 1.